The fraction of sp³-hybridized carbons (Fsp3) is 0.529. The number of nitrogens with zero attached hydrogens (tertiary/aromatic N) is 2. The van der Waals surface area contributed by atoms with Crippen LogP contribution in [0.5, 0.6) is 0 Å². The Bertz CT molecular complexity index is 501. The summed E-state index contributed by atoms with van der Waals surface area (Å²) < 4.78 is 0. The fourth-order valence-corrected chi connectivity index (χ4v) is 3.20. The highest BCUT2D eigenvalue weighted by molar-refractivity contribution is 7.99. The average molecular weight is 334 g/mol. The zero-order chi connectivity index (χ0) is 16.3. The number of benzene rings is 1. The predicted octanol–water partition coefficient (Wildman–Crippen LogP) is 1.96. The van der Waals surface area contributed by atoms with Crippen molar-refractivity contribution in [2.45, 2.75) is 24.7 Å². The molecule has 1 aromatic rings. The van der Waals surface area contributed by atoms with Crippen LogP contribution < -0.4 is 10.6 Å². The summed E-state index contributed by atoms with van der Waals surface area (Å²) in [7, 11) is 0. The van der Waals surface area contributed by atoms with Crippen molar-refractivity contribution in [2.75, 3.05) is 38.5 Å². The Morgan fingerprint density at radius 3 is 2.65 bits per heavy atom. The molecular weight excluding hydrogens is 308 g/mol. The quantitative estimate of drug-likeness (QED) is 0.346. The number of hydrogen-bond acceptors (Lipinski definition) is 3. The summed E-state index contributed by atoms with van der Waals surface area (Å²) in [5, 5.41) is 6.47. The highest BCUT2D eigenvalue weighted by atomic mass is 32.2. The van der Waals surface area contributed by atoms with Crippen molar-refractivity contribution < 1.29 is 4.79 Å². The third-order valence-electron chi connectivity index (χ3n) is 3.58. The summed E-state index contributed by atoms with van der Waals surface area (Å²) in [5.74, 6) is 1.79. The molecule has 5 nitrogen and oxygen atoms in total. The largest absolute Gasteiger partial charge is 0.357 e. The first kappa shape index (κ1) is 17.7. The Hall–Kier alpha value is -1.69. The van der Waals surface area contributed by atoms with E-state index in [2.05, 4.69) is 27.8 Å². The molecule has 1 amide bonds. The maximum Gasteiger partial charge on any atom is 0.244 e. The van der Waals surface area contributed by atoms with Crippen LogP contribution in [-0.4, -0.2) is 55.2 Å². The van der Waals surface area contributed by atoms with E-state index in [1.165, 1.54) is 4.90 Å². The molecule has 2 N–H and O–H groups in total. The molecule has 0 unspecified atom stereocenters. The van der Waals surface area contributed by atoms with Crippen LogP contribution in [0.4, 0.5) is 0 Å². The second kappa shape index (κ2) is 10.2. The minimum Gasteiger partial charge on any atom is -0.357 e. The van der Waals surface area contributed by atoms with Gasteiger partial charge in [-0.25, -0.2) is 4.99 Å². The number of thioether (sulfide) groups is 1. The van der Waals surface area contributed by atoms with Crippen LogP contribution in [0, 0.1) is 0 Å². The molecule has 0 radical (unpaired) electrons. The van der Waals surface area contributed by atoms with E-state index in [-0.39, 0.29) is 12.5 Å². The topological polar surface area (TPSA) is 56.7 Å². The summed E-state index contributed by atoms with van der Waals surface area (Å²) in [5.41, 5.74) is 0. The van der Waals surface area contributed by atoms with Gasteiger partial charge in [0, 0.05) is 36.8 Å². The average Bonchev–Trinajstić information content (AvgIpc) is 3.11. The molecule has 0 spiro atoms. The maximum atomic E-state index is 12.0. The standard InChI is InChI=1S/C17H26N4OS/c1-2-18-17(20-14-16(22)21-11-6-7-12-21)19-10-13-23-15-8-4-3-5-9-15/h3-5,8-9H,2,6-7,10-14H2,1H3,(H2,18,19,20). The van der Waals surface area contributed by atoms with Crippen LogP contribution in [0.3, 0.4) is 0 Å². The molecule has 1 aliphatic heterocycles. The second-order valence-electron chi connectivity index (χ2n) is 5.37. The van der Waals surface area contributed by atoms with E-state index in [1.54, 1.807) is 11.8 Å². The van der Waals surface area contributed by atoms with Crippen LogP contribution in [0.2, 0.25) is 0 Å². The molecule has 1 aliphatic rings. The number of aliphatic imine (C=N–C) groups is 1. The van der Waals surface area contributed by atoms with Crippen molar-refractivity contribution >= 4 is 23.6 Å². The predicted molar refractivity (Wildman–Crippen MR) is 97.0 cm³/mol. The van der Waals surface area contributed by atoms with Gasteiger partial charge in [0.05, 0.1) is 0 Å². The number of likely N-dealkylation sites (tertiary alicyclic amines) is 1. The first-order chi connectivity index (χ1) is 11.3. The SMILES string of the molecule is CCNC(=NCC(=O)N1CCCC1)NCCSc1ccccc1. The van der Waals surface area contributed by atoms with Crippen LogP contribution in [0.1, 0.15) is 19.8 Å². The van der Waals surface area contributed by atoms with Gasteiger partial charge in [0.25, 0.3) is 0 Å². The van der Waals surface area contributed by atoms with Gasteiger partial charge < -0.3 is 15.5 Å². The van der Waals surface area contributed by atoms with E-state index in [1.807, 2.05) is 30.0 Å². The van der Waals surface area contributed by atoms with Gasteiger partial charge in [-0.05, 0) is 31.9 Å². The van der Waals surface area contributed by atoms with Gasteiger partial charge in [-0.2, -0.15) is 0 Å². The smallest absolute Gasteiger partial charge is 0.244 e. The Labute approximate surface area is 142 Å². The Kier molecular flexibility index (Phi) is 7.80. The van der Waals surface area contributed by atoms with Crippen molar-refractivity contribution in [1.82, 2.24) is 15.5 Å². The zero-order valence-electron chi connectivity index (χ0n) is 13.8. The highest BCUT2D eigenvalue weighted by Crippen LogP contribution is 2.15. The lowest BCUT2D eigenvalue weighted by atomic mass is 10.4. The van der Waals surface area contributed by atoms with Crippen molar-refractivity contribution in [3.8, 4) is 0 Å². The van der Waals surface area contributed by atoms with Gasteiger partial charge in [-0.15, -0.1) is 11.8 Å². The molecular formula is C17H26N4OS. The second-order valence-corrected chi connectivity index (χ2v) is 6.54. The molecule has 0 atom stereocenters. The molecule has 1 aromatic carbocycles. The molecule has 1 saturated heterocycles. The zero-order valence-corrected chi connectivity index (χ0v) is 14.6. The molecule has 0 aliphatic carbocycles. The van der Waals surface area contributed by atoms with Gasteiger partial charge >= 0.3 is 0 Å². The van der Waals surface area contributed by atoms with Gasteiger partial charge in [-0.1, -0.05) is 18.2 Å². The third-order valence-corrected chi connectivity index (χ3v) is 4.60. The molecule has 6 heteroatoms. The van der Waals surface area contributed by atoms with Crippen molar-refractivity contribution in [3.05, 3.63) is 30.3 Å². The van der Waals surface area contributed by atoms with Gasteiger partial charge in [0.1, 0.15) is 6.54 Å². The third kappa shape index (κ3) is 6.52. The van der Waals surface area contributed by atoms with E-state index in [9.17, 15) is 4.79 Å². The Morgan fingerprint density at radius 2 is 1.96 bits per heavy atom. The summed E-state index contributed by atoms with van der Waals surface area (Å²) >= 11 is 1.80. The number of nitrogens with one attached hydrogen (secondary N) is 2. The molecule has 1 heterocycles. The van der Waals surface area contributed by atoms with E-state index in [0.29, 0.717) is 5.96 Å². The molecule has 23 heavy (non-hydrogen) atoms. The Morgan fingerprint density at radius 1 is 1.22 bits per heavy atom. The van der Waals surface area contributed by atoms with E-state index in [4.69, 9.17) is 0 Å². The van der Waals surface area contributed by atoms with Crippen molar-refractivity contribution in [1.29, 1.82) is 0 Å². The molecule has 126 valence electrons. The molecule has 1 fully saturated rings. The lowest BCUT2D eigenvalue weighted by molar-refractivity contribution is -0.128. The Balaban J connectivity index is 1.71. The van der Waals surface area contributed by atoms with Crippen molar-refractivity contribution in [3.63, 3.8) is 0 Å². The number of rotatable bonds is 7. The molecule has 0 aromatic heterocycles. The number of hydrogen-bond donors (Lipinski definition) is 2. The fourth-order valence-electron chi connectivity index (χ4n) is 2.41. The summed E-state index contributed by atoms with van der Waals surface area (Å²) in [6.45, 7) is 5.61. The van der Waals surface area contributed by atoms with Crippen LogP contribution in [0.25, 0.3) is 0 Å². The number of carbonyl (C=O) groups is 1. The van der Waals surface area contributed by atoms with Gasteiger partial charge in [0.15, 0.2) is 5.96 Å². The van der Waals surface area contributed by atoms with E-state index >= 15 is 0 Å². The monoisotopic (exact) mass is 334 g/mol. The van der Waals surface area contributed by atoms with E-state index in [0.717, 1.165) is 44.8 Å². The maximum absolute atomic E-state index is 12.0. The first-order valence-electron chi connectivity index (χ1n) is 8.27. The summed E-state index contributed by atoms with van der Waals surface area (Å²) in [4.78, 5) is 19.6. The lowest BCUT2D eigenvalue weighted by Gasteiger charge is -2.15. The summed E-state index contributed by atoms with van der Waals surface area (Å²) in [6.07, 6.45) is 2.23. The molecule has 0 saturated carbocycles. The van der Waals surface area contributed by atoms with Crippen LogP contribution in [-0.2, 0) is 4.79 Å². The number of carbonyl (C=O) groups excluding carboxylic acids is 1. The van der Waals surface area contributed by atoms with Crippen molar-refractivity contribution in [2.24, 2.45) is 4.99 Å². The first-order valence-corrected chi connectivity index (χ1v) is 9.26. The van der Waals surface area contributed by atoms with Gasteiger partial charge in [0.2, 0.25) is 5.91 Å². The molecule has 2 rings (SSSR count). The minimum absolute atomic E-state index is 0.123. The lowest BCUT2D eigenvalue weighted by Crippen LogP contribution is -2.39. The van der Waals surface area contributed by atoms with E-state index < -0.39 is 0 Å². The summed E-state index contributed by atoms with van der Waals surface area (Å²) in [6, 6.07) is 10.3. The number of amides is 1. The highest BCUT2D eigenvalue weighted by Gasteiger charge is 2.17. The van der Waals surface area contributed by atoms with Crippen LogP contribution in [0.15, 0.2) is 40.2 Å². The normalized spacial score (nSPS) is 14.8. The van der Waals surface area contributed by atoms with Crippen LogP contribution >= 0.6 is 11.8 Å². The minimum atomic E-state index is 0.123. The number of guanidine groups is 1. The van der Waals surface area contributed by atoms with Gasteiger partial charge in [-0.3, -0.25) is 4.79 Å². The molecule has 0 bridgehead atoms.